The van der Waals surface area contributed by atoms with Gasteiger partial charge in [0.25, 0.3) is 0 Å². The molecule has 0 amide bonds. The van der Waals surface area contributed by atoms with E-state index in [1.807, 2.05) is 0 Å². The number of hydrogen-bond acceptors (Lipinski definition) is 8. The molecule has 1 N–H and O–H groups in total. The maximum atomic E-state index is 11.3. The van der Waals surface area contributed by atoms with Crippen LogP contribution in [0.3, 0.4) is 0 Å². The Kier molecular flexibility index (Phi) is 6.91. The number of aliphatic hydroxyl groups is 1. The molecule has 0 aromatic heterocycles. The van der Waals surface area contributed by atoms with E-state index >= 15 is 0 Å². The van der Waals surface area contributed by atoms with Crippen molar-refractivity contribution in [3.05, 3.63) is 12.0 Å². The zero-order valence-electron chi connectivity index (χ0n) is 11.9. The third-order valence-corrected chi connectivity index (χ3v) is 4.37. The molecule has 8 nitrogen and oxygen atoms in total. The van der Waals surface area contributed by atoms with Gasteiger partial charge in [0.1, 0.15) is 24.4 Å². The maximum Gasteiger partial charge on any atom is 0.187 e. The number of carbonyl (C=O) groups excluding carboxylic acids is 1. The van der Waals surface area contributed by atoms with E-state index in [4.69, 9.17) is 18.9 Å². The predicted octanol–water partition coefficient (Wildman–Crippen LogP) is -1.12. The van der Waals surface area contributed by atoms with Gasteiger partial charge in [-0.25, -0.2) is 8.42 Å². The topological polar surface area (TPSA) is 108 Å². The average Bonchev–Trinajstić information content (AvgIpc) is 2.48. The minimum atomic E-state index is -3.41. The predicted molar refractivity (Wildman–Crippen MR) is 72.3 cm³/mol. The van der Waals surface area contributed by atoms with Crippen molar-refractivity contribution in [2.24, 2.45) is 0 Å². The first kappa shape index (κ1) is 18.2. The van der Waals surface area contributed by atoms with Crippen LogP contribution in [0.1, 0.15) is 0 Å². The number of rotatable bonds is 8. The lowest BCUT2D eigenvalue weighted by molar-refractivity contribution is -0.293. The van der Waals surface area contributed by atoms with Crippen molar-refractivity contribution in [3.63, 3.8) is 0 Å². The highest BCUT2D eigenvalue weighted by molar-refractivity contribution is 7.94. The molecule has 1 heterocycles. The molecule has 1 saturated heterocycles. The molecule has 0 spiro atoms. The van der Waals surface area contributed by atoms with Crippen LogP contribution in [0.5, 0.6) is 0 Å². The highest BCUT2D eigenvalue weighted by atomic mass is 32.2. The van der Waals surface area contributed by atoms with Gasteiger partial charge in [0.15, 0.2) is 22.4 Å². The van der Waals surface area contributed by atoms with Crippen molar-refractivity contribution in [1.82, 2.24) is 0 Å². The number of hydrogen-bond donors (Lipinski definition) is 1. The highest BCUT2D eigenvalue weighted by Crippen LogP contribution is 2.25. The molecule has 5 unspecified atom stereocenters. The van der Waals surface area contributed by atoms with Crippen LogP contribution in [0.25, 0.3) is 0 Å². The lowest BCUT2D eigenvalue weighted by Crippen LogP contribution is -2.60. The standard InChI is InChI=1S/C12H20O8S/c1-4-21(15,16)6-5-19-11-9(14)10(17-2)8(7-13)20-12(11)18-3/h4,7-12,14H,1,5-6H2,2-3H3. The molecule has 0 aromatic rings. The summed E-state index contributed by atoms with van der Waals surface area (Å²) in [5.41, 5.74) is 0. The van der Waals surface area contributed by atoms with Gasteiger partial charge >= 0.3 is 0 Å². The zero-order chi connectivity index (χ0) is 16.0. The van der Waals surface area contributed by atoms with Crippen LogP contribution in [-0.4, -0.2) is 77.1 Å². The Balaban J connectivity index is 2.73. The van der Waals surface area contributed by atoms with Crippen LogP contribution in [0.2, 0.25) is 0 Å². The van der Waals surface area contributed by atoms with Crippen molar-refractivity contribution in [2.75, 3.05) is 26.6 Å². The molecule has 0 bridgehead atoms. The monoisotopic (exact) mass is 324 g/mol. The summed E-state index contributed by atoms with van der Waals surface area (Å²) >= 11 is 0. The molecule has 122 valence electrons. The smallest absolute Gasteiger partial charge is 0.187 e. The van der Waals surface area contributed by atoms with Crippen LogP contribution in [0.4, 0.5) is 0 Å². The molecule has 5 atom stereocenters. The SMILES string of the molecule is C=CS(=O)(=O)CCOC1C(OC)OC(C=O)C(OC)C1O. The van der Waals surface area contributed by atoms with Gasteiger partial charge in [0, 0.05) is 19.6 Å². The van der Waals surface area contributed by atoms with Gasteiger partial charge in [-0.2, -0.15) is 0 Å². The van der Waals surface area contributed by atoms with Crippen LogP contribution in [0, 0.1) is 0 Å². The first-order valence-electron chi connectivity index (χ1n) is 6.21. The van der Waals surface area contributed by atoms with Gasteiger partial charge in [-0.15, -0.1) is 0 Å². The molecule has 0 aromatic carbocycles. The van der Waals surface area contributed by atoms with Gasteiger partial charge in [0.2, 0.25) is 0 Å². The summed E-state index contributed by atoms with van der Waals surface area (Å²) in [5.74, 6) is -0.287. The average molecular weight is 324 g/mol. The van der Waals surface area contributed by atoms with Crippen molar-refractivity contribution in [2.45, 2.75) is 30.7 Å². The fraction of sp³-hybridized carbons (Fsp3) is 0.750. The van der Waals surface area contributed by atoms with Crippen molar-refractivity contribution in [3.8, 4) is 0 Å². The molecular formula is C12H20O8S. The van der Waals surface area contributed by atoms with Crippen molar-refractivity contribution >= 4 is 16.1 Å². The largest absolute Gasteiger partial charge is 0.387 e. The number of aliphatic hydroxyl groups excluding tert-OH is 1. The Morgan fingerprint density at radius 3 is 2.43 bits per heavy atom. The van der Waals surface area contributed by atoms with Gasteiger partial charge in [-0.3, -0.25) is 0 Å². The molecular weight excluding hydrogens is 304 g/mol. The minimum Gasteiger partial charge on any atom is -0.387 e. The Morgan fingerprint density at radius 1 is 1.29 bits per heavy atom. The van der Waals surface area contributed by atoms with E-state index in [2.05, 4.69) is 6.58 Å². The van der Waals surface area contributed by atoms with Crippen molar-refractivity contribution in [1.29, 1.82) is 0 Å². The van der Waals surface area contributed by atoms with E-state index in [1.54, 1.807) is 0 Å². The molecule has 0 radical (unpaired) electrons. The summed E-state index contributed by atoms with van der Waals surface area (Å²) in [7, 11) is -0.766. The number of methoxy groups -OCH3 is 2. The third kappa shape index (κ3) is 4.56. The molecule has 9 heteroatoms. The summed E-state index contributed by atoms with van der Waals surface area (Å²) in [4.78, 5) is 10.9. The normalized spacial score (nSPS) is 33.6. The Morgan fingerprint density at radius 2 is 1.95 bits per heavy atom. The number of aldehydes is 1. The fourth-order valence-electron chi connectivity index (χ4n) is 1.99. The third-order valence-electron chi connectivity index (χ3n) is 3.13. The van der Waals surface area contributed by atoms with Crippen LogP contribution in [0.15, 0.2) is 12.0 Å². The first-order valence-corrected chi connectivity index (χ1v) is 7.93. The summed E-state index contributed by atoms with van der Waals surface area (Å²) in [6, 6.07) is 0. The molecule has 1 aliphatic heterocycles. The number of carbonyl (C=O) groups is 1. The molecule has 0 aliphatic carbocycles. The van der Waals surface area contributed by atoms with E-state index in [-0.39, 0.29) is 12.4 Å². The summed E-state index contributed by atoms with van der Waals surface area (Å²) < 4.78 is 43.3. The Hall–Kier alpha value is -0.840. The van der Waals surface area contributed by atoms with E-state index < -0.39 is 40.5 Å². The van der Waals surface area contributed by atoms with Crippen LogP contribution >= 0.6 is 0 Å². The molecule has 1 rings (SSSR count). The van der Waals surface area contributed by atoms with Gasteiger partial charge < -0.3 is 28.8 Å². The highest BCUT2D eigenvalue weighted by Gasteiger charge is 2.46. The van der Waals surface area contributed by atoms with Gasteiger partial charge in [-0.05, 0) is 0 Å². The second kappa shape index (κ2) is 7.97. The van der Waals surface area contributed by atoms with E-state index in [0.29, 0.717) is 6.29 Å². The molecule has 21 heavy (non-hydrogen) atoms. The van der Waals surface area contributed by atoms with Gasteiger partial charge in [0.05, 0.1) is 12.4 Å². The fourth-order valence-corrected chi connectivity index (χ4v) is 2.48. The lowest BCUT2D eigenvalue weighted by Gasteiger charge is -2.41. The maximum absolute atomic E-state index is 11.3. The minimum absolute atomic E-state index is 0.179. The summed E-state index contributed by atoms with van der Waals surface area (Å²) in [6.07, 6.45) is -4.59. The molecule has 0 saturated carbocycles. The molecule has 1 aliphatic rings. The molecule has 1 fully saturated rings. The Labute approximate surface area is 123 Å². The number of ether oxygens (including phenoxy) is 4. The summed E-state index contributed by atoms with van der Waals surface area (Å²) in [5, 5.41) is 11.0. The Bertz CT molecular complexity index is 448. The first-order chi connectivity index (χ1) is 9.90. The quantitative estimate of drug-likeness (QED) is 0.559. The number of sulfone groups is 1. The lowest BCUT2D eigenvalue weighted by atomic mass is 9.99. The van der Waals surface area contributed by atoms with E-state index in [1.165, 1.54) is 14.2 Å². The van der Waals surface area contributed by atoms with E-state index in [0.717, 1.165) is 5.41 Å². The van der Waals surface area contributed by atoms with Crippen molar-refractivity contribution < 1.29 is 37.3 Å². The summed E-state index contributed by atoms with van der Waals surface area (Å²) in [6.45, 7) is 3.01. The second-order valence-corrected chi connectivity index (χ2v) is 6.47. The van der Waals surface area contributed by atoms with Crippen LogP contribution in [-0.2, 0) is 33.6 Å². The van der Waals surface area contributed by atoms with Gasteiger partial charge in [-0.1, -0.05) is 6.58 Å². The zero-order valence-corrected chi connectivity index (χ0v) is 12.7. The van der Waals surface area contributed by atoms with Crippen LogP contribution < -0.4 is 0 Å². The second-order valence-electron chi connectivity index (χ2n) is 4.40. The van der Waals surface area contributed by atoms with E-state index in [9.17, 15) is 18.3 Å².